The lowest BCUT2D eigenvalue weighted by Gasteiger charge is -2.29. The number of aromatic nitrogens is 3. The maximum Gasteiger partial charge on any atom is 0.254 e. The van der Waals surface area contributed by atoms with Crippen molar-refractivity contribution in [1.29, 1.82) is 0 Å². The summed E-state index contributed by atoms with van der Waals surface area (Å²) < 4.78 is 0. The minimum absolute atomic E-state index is 0.188. The first-order valence-corrected chi connectivity index (χ1v) is 8.66. The van der Waals surface area contributed by atoms with E-state index < -0.39 is 0 Å². The van der Waals surface area contributed by atoms with Crippen molar-refractivity contribution in [2.75, 3.05) is 11.4 Å². The van der Waals surface area contributed by atoms with E-state index >= 15 is 0 Å². The smallest absolute Gasteiger partial charge is 0.254 e. The number of nitrogens with zero attached hydrogens (tertiary/aromatic N) is 4. The number of amides is 1. The Morgan fingerprint density at radius 3 is 2.65 bits per heavy atom. The van der Waals surface area contributed by atoms with Crippen molar-refractivity contribution in [1.82, 2.24) is 20.3 Å². The van der Waals surface area contributed by atoms with Gasteiger partial charge in [0.15, 0.2) is 0 Å². The highest BCUT2D eigenvalue weighted by molar-refractivity contribution is 5.93. The normalized spacial score (nSPS) is 13.2. The predicted molar refractivity (Wildman–Crippen MR) is 99.2 cm³/mol. The van der Waals surface area contributed by atoms with Crippen LogP contribution >= 0.6 is 0 Å². The van der Waals surface area contributed by atoms with Crippen molar-refractivity contribution in [3.63, 3.8) is 0 Å². The molecule has 1 N–H and O–H groups in total. The van der Waals surface area contributed by atoms with Crippen LogP contribution in [-0.4, -0.2) is 27.4 Å². The lowest BCUT2D eigenvalue weighted by atomic mass is 10.0. The molecule has 1 aliphatic heterocycles. The van der Waals surface area contributed by atoms with Gasteiger partial charge in [-0.3, -0.25) is 9.78 Å². The van der Waals surface area contributed by atoms with Crippen LogP contribution in [0.15, 0.2) is 61.2 Å². The van der Waals surface area contributed by atoms with E-state index in [1.807, 2.05) is 18.2 Å². The van der Waals surface area contributed by atoms with E-state index in [1.165, 1.54) is 5.56 Å². The molecule has 0 atom stereocenters. The Hall–Kier alpha value is -3.28. The van der Waals surface area contributed by atoms with Crippen LogP contribution in [0.25, 0.3) is 0 Å². The number of carbonyl (C=O) groups is 1. The van der Waals surface area contributed by atoms with E-state index in [2.05, 4.69) is 43.4 Å². The molecule has 0 aliphatic carbocycles. The van der Waals surface area contributed by atoms with E-state index in [0.717, 1.165) is 30.6 Å². The fourth-order valence-electron chi connectivity index (χ4n) is 3.10. The summed E-state index contributed by atoms with van der Waals surface area (Å²) >= 11 is 0. The number of fused-ring (bicyclic) bond motifs is 1. The van der Waals surface area contributed by atoms with Crippen molar-refractivity contribution < 1.29 is 4.79 Å². The van der Waals surface area contributed by atoms with Gasteiger partial charge in [-0.15, -0.1) is 0 Å². The standard InChI is InChI=1S/C20H19N5O/c26-19(22-12-15-7-9-21-10-8-15)17-13-23-20(24-14-17)25-11-3-5-16-4-1-2-6-18(16)25/h1-2,4,6-10,13-14H,3,5,11-12H2,(H,22,26). The fraction of sp³-hybridized carbons (Fsp3) is 0.200. The zero-order valence-electron chi connectivity index (χ0n) is 14.3. The summed E-state index contributed by atoms with van der Waals surface area (Å²) in [6, 6.07) is 12.1. The molecule has 6 nitrogen and oxygen atoms in total. The molecule has 1 aliphatic rings. The predicted octanol–water partition coefficient (Wildman–Crippen LogP) is 2.89. The number of carbonyl (C=O) groups excluding carboxylic acids is 1. The number of para-hydroxylation sites is 1. The van der Waals surface area contributed by atoms with E-state index in [1.54, 1.807) is 24.8 Å². The van der Waals surface area contributed by atoms with Gasteiger partial charge in [0.2, 0.25) is 5.95 Å². The minimum Gasteiger partial charge on any atom is -0.348 e. The summed E-state index contributed by atoms with van der Waals surface area (Å²) in [4.78, 5) is 27.2. The van der Waals surface area contributed by atoms with E-state index in [-0.39, 0.29) is 5.91 Å². The molecule has 0 saturated heterocycles. The van der Waals surface area contributed by atoms with Crippen molar-refractivity contribution in [3.8, 4) is 0 Å². The molecule has 0 bridgehead atoms. The third kappa shape index (κ3) is 3.39. The molecule has 26 heavy (non-hydrogen) atoms. The Bertz CT molecular complexity index is 896. The molecule has 0 fully saturated rings. The monoisotopic (exact) mass is 345 g/mol. The van der Waals surface area contributed by atoms with Crippen LogP contribution < -0.4 is 10.2 Å². The number of rotatable bonds is 4. The summed E-state index contributed by atoms with van der Waals surface area (Å²) in [6.45, 7) is 1.33. The summed E-state index contributed by atoms with van der Waals surface area (Å²) in [6.07, 6.45) is 8.71. The molecule has 4 rings (SSSR count). The molecule has 130 valence electrons. The average molecular weight is 345 g/mol. The largest absolute Gasteiger partial charge is 0.348 e. The van der Waals surface area contributed by atoms with Crippen molar-refractivity contribution in [2.24, 2.45) is 0 Å². The Morgan fingerprint density at radius 1 is 1.08 bits per heavy atom. The number of nitrogens with one attached hydrogen (secondary N) is 1. The average Bonchev–Trinajstić information content (AvgIpc) is 2.72. The molecule has 2 aromatic heterocycles. The maximum atomic E-state index is 12.3. The summed E-state index contributed by atoms with van der Waals surface area (Å²) in [5.74, 6) is 0.440. The van der Waals surface area contributed by atoms with Gasteiger partial charge in [0.25, 0.3) is 5.91 Å². The quantitative estimate of drug-likeness (QED) is 0.787. The van der Waals surface area contributed by atoms with Crippen LogP contribution in [0.1, 0.15) is 27.9 Å². The van der Waals surface area contributed by atoms with E-state index in [4.69, 9.17) is 0 Å². The lowest BCUT2D eigenvalue weighted by molar-refractivity contribution is 0.0950. The molecule has 1 aromatic carbocycles. The van der Waals surface area contributed by atoms with Gasteiger partial charge in [0.1, 0.15) is 0 Å². The van der Waals surface area contributed by atoms with Gasteiger partial charge in [0, 0.05) is 43.6 Å². The van der Waals surface area contributed by atoms with Crippen LogP contribution in [0.5, 0.6) is 0 Å². The molecular formula is C20H19N5O. The molecule has 1 amide bonds. The molecule has 0 saturated carbocycles. The van der Waals surface area contributed by atoms with Crippen molar-refractivity contribution >= 4 is 17.5 Å². The minimum atomic E-state index is -0.188. The molecule has 0 unspecified atom stereocenters. The van der Waals surface area contributed by atoms with Gasteiger partial charge in [0.05, 0.1) is 5.56 Å². The van der Waals surface area contributed by atoms with Crippen LogP contribution in [-0.2, 0) is 13.0 Å². The van der Waals surface area contributed by atoms with Crippen molar-refractivity contribution in [3.05, 3.63) is 77.9 Å². The molecule has 6 heteroatoms. The Kier molecular flexibility index (Phi) is 4.55. The van der Waals surface area contributed by atoms with Gasteiger partial charge in [-0.1, -0.05) is 18.2 Å². The highest BCUT2D eigenvalue weighted by Gasteiger charge is 2.20. The summed E-state index contributed by atoms with van der Waals surface area (Å²) in [5.41, 5.74) is 3.90. The van der Waals surface area contributed by atoms with Crippen LogP contribution in [0.2, 0.25) is 0 Å². The van der Waals surface area contributed by atoms with Gasteiger partial charge in [-0.25, -0.2) is 9.97 Å². The Morgan fingerprint density at radius 2 is 1.85 bits per heavy atom. The number of pyridine rings is 1. The summed E-state index contributed by atoms with van der Waals surface area (Å²) in [5, 5.41) is 2.87. The number of benzene rings is 1. The molecule has 0 spiro atoms. The maximum absolute atomic E-state index is 12.3. The first-order chi connectivity index (χ1) is 12.8. The zero-order valence-corrected chi connectivity index (χ0v) is 14.3. The first kappa shape index (κ1) is 16.2. The molecule has 3 aromatic rings. The van der Waals surface area contributed by atoms with Crippen LogP contribution in [0.4, 0.5) is 11.6 Å². The number of aryl methyl sites for hydroxylation is 1. The lowest BCUT2D eigenvalue weighted by Crippen LogP contribution is -2.27. The second-order valence-corrected chi connectivity index (χ2v) is 6.19. The van der Waals surface area contributed by atoms with E-state index in [0.29, 0.717) is 18.1 Å². The second kappa shape index (κ2) is 7.31. The highest BCUT2D eigenvalue weighted by Crippen LogP contribution is 2.30. The molecular weight excluding hydrogens is 326 g/mol. The summed E-state index contributed by atoms with van der Waals surface area (Å²) in [7, 11) is 0. The fourth-order valence-corrected chi connectivity index (χ4v) is 3.10. The van der Waals surface area contributed by atoms with Gasteiger partial charge in [-0.05, 0) is 42.2 Å². The van der Waals surface area contributed by atoms with Gasteiger partial charge in [-0.2, -0.15) is 0 Å². The van der Waals surface area contributed by atoms with Gasteiger partial charge >= 0.3 is 0 Å². The Labute approximate surface area is 151 Å². The highest BCUT2D eigenvalue weighted by atomic mass is 16.1. The number of hydrogen-bond donors (Lipinski definition) is 1. The topological polar surface area (TPSA) is 71.0 Å². The second-order valence-electron chi connectivity index (χ2n) is 6.19. The third-order valence-corrected chi connectivity index (χ3v) is 4.45. The number of anilines is 2. The SMILES string of the molecule is O=C(NCc1ccncc1)c1cnc(N2CCCc3ccccc32)nc1. The van der Waals surface area contributed by atoms with Crippen LogP contribution in [0.3, 0.4) is 0 Å². The molecule has 0 radical (unpaired) electrons. The Balaban J connectivity index is 1.46. The first-order valence-electron chi connectivity index (χ1n) is 8.66. The van der Waals surface area contributed by atoms with Crippen molar-refractivity contribution in [2.45, 2.75) is 19.4 Å². The zero-order chi connectivity index (χ0) is 17.8. The van der Waals surface area contributed by atoms with E-state index in [9.17, 15) is 4.79 Å². The van der Waals surface area contributed by atoms with Crippen LogP contribution in [0, 0.1) is 0 Å². The van der Waals surface area contributed by atoms with Gasteiger partial charge < -0.3 is 10.2 Å². The molecule has 3 heterocycles. The third-order valence-electron chi connectivity index (χ3n) is 4.45. The number of hydrogen-bond acceptors (Lipinski definition) is 5.